The number of carbonyl (C=O) groups excluding carboxylic acids is 2. The fourth-order valence-electron chi connectivity index (χ4n) is 2.80. The van der Waals surface area contributed by atoms with E-state index >= 15 is 0 Å². The van der Waals surface area contributed by atoms with Crippen molar-refractivity contribution < 1.29 is 14.3 Å². The van der Waals surface area contributed by atoms with E-state index in [1.807, 2.05) is 24.3 Å². The topological polar surface area (TPSA) is 54.2 Å². The van der Waals surface area contributed by atoms with Gasteiger partial charge < -0.3 is 14.5 Å². The first-order valence-electron chi connectivity index (χ1n) is 7.64. The number of hydrogen-bond acceptors (Lipinski definition) is 3. The summed E-state index contributed by atoms with van der Waals surface area (Å²) < 4.78 is 5.32. The first-order valence-corrected chi connectivity index (χ1v) is 7.64. The van der Waals surface area contributed by atoms with Crippen molar-refractivity contribution in [2.45, 2.75) is 31.4 Å². The van der Waals surface area contributed by atoms with Gasteiger partial charge in [0.15, 0.2) is 0 Å². The van der Waals surface area contributed by atoms with Crippen LogP contribution in [0.5, 0.6) is 0 Å². The first-order chi connectivity index (χ1) is 10.9. The van der Waals surface area contributed by atoms with Crippen LogP contribution in [0.25, 0.3) is 4.85 Å². The number of ether oxygens (including phenoxy) is 1. The largest absolute Gasteiger partial charge is 0.442 e. The average molecular weight is 313 g/mol. The molecule has 1 aromatic carbocycles. The number of amides is 2. The Balaban J connectivity index is 1.69. The van der Waals surface area contributed by atoms with Crippen LogP contribution in [0.4, 0.5) is 10.5 Å². The van der Waals surface area contributed by atoms with Crippen molar-refractivity contribution in [2.75, 3.05) is 25.0 Å². The van der Waals surface area contributed by atoms with Gasteiger partial charge in [-0.25, -0.2) is 11.4 Å². The fraction of sp³-hybridized carbons (Fsp3) is 0.471. The Morgan fingerprint density at radius 3 is 2.61 bits per heavy atom. The molecule has 6 nitrogen and oxygen atoms in total. The van der Waals surface area contributed by atoms with Gasteiger partial charge in [-0.05, 0) is 24.3 Å². The Bertz CT molecular complexity index is 673. The van der Waals surface area contributed by atoms with E-state index in [1.54, 1.807) is 11.9 Å². The normalized spacial score (nSPS) is 21.5. The number of benzene rings is 1. The predicted octanol–water partition coefficient (Wildman–Crippen LogP) is 2.40. The molecule has 1 saturated heterocycles. The highest BCUT2D eigenvalue weighted by Gasteiger charge is 2.52. The zero-order valence-corrected chi connectivity index (χ0v) is 13.3. The number of anilines is 1. The predicted molar refractivity (Wildman–Crippen MR) is 84.9 cm³/mol. The minimum atomic E-state index is -0.397. The molecule has 0 spiro atoms. The van der Waals surface area contributed by atoms with Crippen molar-refractivity contribution in [2.24, 2.45) is 0 Å². The lowest BCUT2D eigenvalue weighted by atomic mass is 10.1. The van der Waals surface area contributed by atoms with Gasteiger partial charge in [0.25, 0.3) is 5.54 Å². The van der Waals surface area contributed by atoms with Gasteiger partial charge in [-0.1, -0.05) is 0 Å². The molecule has 1 aromatic rings. The highest BCUT2D eigenvalue weighted by Crippen LogP contribution is 2.49. The van der Waals surface area contributed by atoms with Gasteiger partial charge in [0.1, 0.15) is 6.10 Å². The van der Waals surface area contributed by atoms with E-state index in [-0.39, 0.29) is 17.6 Å². The molecule has 0 bridgehead atoms. The van der Waals surface area contributed by atoms with Crippen molar-refractivity contribution >= 4 is 17.7 Å². The molecule has 23 heavy (non-hydrogen) atoms. The van der Waals surface area contributed by atoms with E-state index in [2.05, 4.69) is 4.85 Å². The van der Waals surface area contributed by atoms with Gasteiger partial charge in [0.05, 0.1) is 13.1 Å². The molecule has 1 heterocycles. The van der Waals surface area contributed by atoms with E-state index in [0.29, 0.717) is 13.1 Å². The number of carbonyl (C=O) groups is 2. The van der Waals surface area contributed by atoms with Gasteiger partial charge in [-0.2, -0.15) is 0 Å². The molecule has 0 aromatic heterocycles. The number of nitrogens with zero attached hydrogens (tertiary/aromatic N) is 3. The first kappa shape index (κ1) is 15.3. The second kappa shape index (κ2) is 5.58. The Labute approximate surface area is 135 Å². The lowest BCUT2D eigenvalue weighted by Gasteiger charge is -2.18. The van der Waals surface area contributed by atoms with Gasteiger partial charge in [-0.3, -0.25) is 9.69 Å². The molecule has 0 radical (unpaired) electrons. The van der Waals surface area contributed by atoms with Crippen LogP contribution in [0.1, 0.15) is 25.3 Å². The molecule has 1 atom stereocenters. The zero-order chi connectivity index (χ0) is 16.6. The second-order valence-electron chi connectivity index (χ2n) is 6.21. The Morgan fingerprint density at radius 1 is 1.43 bits per heavy atom. The third-order valence-electron chi connectivity index (χ3n) is 4.54. The minimum absolute atomic E-state index is 0.0577. The molecule has 1 aliphatic heterocycles. The molecular weight excluding hydrogens is 294 g/mol. The van der Waals surface area contributed by atoms with Crippen LogP contribution in [0.15, 0.2) is 24.3 Å². The summed E-state index contributed by atoms with van der Waals surface area (Å²) in [5.41, 5.74) is 1.43. The van der Waals surface area contributed by atoms with Crippen molar-refractivity contribution in [3.05, 3.63) is 41.2 Å². The summed E-state index contributed by atoms with van der Waals surface area (Å²) >= 11 is 0. The van der Waals surface area contributed by atoms with E-state index in [9.17, 15) is 9.59 Å². The van der Waals surface area contributed by atoms with E-state index in [0.717, 1.165) is 24.1 Å². The molecular formula is C17H19N3O3. The maximum Gasteiger partial charge on any atom is 0.414 e. The minimum Gasteiger partial charge on any atom is -0.442 e. The van der Waals surface area contributed by atoms with Crippen LogP contribution >= 0.6 is 0 Å². The zero-order valence-electron chi connectivity index (χ0n) is 13.3. The fourth-order valence-corrected chi connectivity index (χ4v) is 2.80. The van der Waals surface area contributed by atoms with Gasteiger partial charge >= 0.3 is 6.09 Å². The highest BCUT2D eigenvalue weighted by molar-refractivity contribution is 5.89. The Kier molecular flexibility index (Phi) is 3.72. The molecule has 0 N–H and O–H groups in total. The molecule has 1 aliphatic carbocycles. The van der Waals surface area contributed by atoms with Crippen LogP contribution in [0.3, 0.4) is 0 Å². The van der Waals surface area contributed by atoms with Gasteiger partial charge in [0.2, 0.25) is 5.91 Å². The maximum atomic E-state index is 12.0. The van der Waals surface area contributed by atoms with Crippen molar-refractivity contribution in [1.82, 2.24) is 4.90 Å². The summed E-state index contributed by atoms with van der Waals surface area (Å²) in [6, 6.07) is 7.56. The van der Waals surface area contributed by atoms with Crippen LogP contribution in [0.2, 0.25) is 0 Å². The summed E-state index contributed by atoms with van der Waals surface area (Å²) in [5, 5.41) is 0. The summed E-state index contributed by atoms with van der Waals surface area (Å²) in [7, 11) is 1.69. The van der Waals surface area contributed by atoms with Crippen LogP contribution in [-0.2, 0) is 15.1 Å². The SMILES string of the molecule is [C-]#[N+]C1(c2ccc(N3C[C@H](CN(C)C(C)=O)OC3=O)cc2)CC1. The van der Waals surface area contributed by atoms with E-state index in [1.165, 1.54) is 11.8 Å². The summed E-state index contributed by atoms with van der Waals surface area (Å²) in [5.74, 6) is -0.0577. The Morgan fingerprint density at radius 2 is 2.09 bits per heavy atom. The van der Waals surface area contributed by atoms with Crippen molar-refractivity contribution in [1.29, 1.82) is 0 Å². The van der Waals surface area contributed by atoms with Gasteiger partial charge in [0, 0.05) is 38.1 Å². The van der Waals surface area contributed by atoms with Crippen LogP contribution in [-0.4, -0.2) is 43.1 Å². The molecule has 2 fully saturated rings. The summed E-state index contributed by atoms with van der Waals surface area (Å²) in [6.07, 6.45) is 1.09. The molecule has 1 saturated carbocycles. The third-order valence-corrected chi connectivity index (χ3v) is 4.54. The Hall–Kier alpha value is -2.55. The van der Waals surface area contributed by atoms with Gasteiger partial charge in [-0.15, -0.1) is 0 Å². The standard InChI is InChI=1S/C17H19N3O3/c1-12(21)19(3)10-15-11-20(16(22)23-15)14-6-4-13(5-7-14)17(18-2)8-9-17/h4-7,15H,8-11H2,1,3H3/t15-/m0/s1. The summed E-state index contributed by atoms with van der Waals surface area (Å²) in [4.78, 5) is 30.1. The van der Waals surface area contributed by atoms with Crippen molar-refractivity contribution in [3.63, 3.8) is 0 Å². The molecule has 6 heteroatoms. The maximum absolute atomic E-state index is 12.0. The lowest BCUT2D eigenvalue weighted by Crippen LogP contribution is -2.35. The monoisotopic (exact) mass is 313 g/mol. The van der Waals surface area contributed by atoms with E-state index in [4.69, 9.17) is 11.3 Å². The number of rotatable bonds is 4. The number of likely N-dealkylation sites (N-methyl/N-ethyl adjacent to an activating group) is 1. The van der Waals surface area contributed by atoms with Crippen LogP contribution in [0, 0.1) is 6.57 Å². The van der Waals surface area contributed by atoms with Crippen LogP contribution < -0.4 is 4.90 Å². The summed E-state index contributed by atoms with van der Waals surface area (Å²) in [6.45, 7) is 9.58. The third kappa shape index (κ3) is 2.87. The molecule has 120 valence electrons. The lowest BCUT2D eigenvalue weighted by molar-refractivity contribution is -0.128. The number of cyclic esters (lactones) is 1. The molecule has 2 amide bonds. The average Bonchev–Trinajstić information content (AvgIpc) is 3.26. The molecule has 0 unspecified atom stereocenters. The second-order valence-corrected chi connectivity index (χ2v) is 6.21. The molecule has 2 aliphatic rings. The highest BCUT2D eigenvalue weighted by atomic mass is 16.6. The quantitative estimate of drug-likeness (QED) is 0.802. The van der Waals surface area contributed by atoms with Crippen molar-refractivity contribution in [3.8, 4) is 0 Å². The van der Waals surface area contributed by atoms with E-state index < -0.39 is 6.09 Å². The molecule has 3 rings (SSSR count). The smallest absolute Gasteiger partial charge is 0.414 e. The number of hydrogen-bond donors (Lipinski definition) is 0.